The maximum atomic E-state index is 11.9. The fraction of sp³-hybridized carbons (Fsp3) is 0.733. The molecule has 3 heterocycles. The molecule has 2 saturated heterocycles. The number of rotatable bonds is 5. The summed E-state index contributed by atoms with van der Waals surface area (Å²) in [5, 5.41) is 3.56. The van der Waals surface area contributed by atoms with Crippen LogP contribution in [0.2, 0.25) is 0 Å². The first kappa shape index (κ1) is 16.2. The molecule has 1 spiro atoms. The lowest BCUT2D eigenvalue weighted by Crippen LogP contribution is -2.47. The largest absolute Gasteiger partial charge is 0.462 e. The molecular weight excluding hydrogens is 320 g/mol. The molecule has 2 aliphatic rings. The Morgan fingerprint density at radius 1 is 1.64 bits per heavy atom. The number of ether oxygens (including phenoxy) is 2. The van der Waals surface area contributed by atoms with E-state index in [2.05, 4.69) is 10.3 Å². The number of nitrogens with zero attached hydrogens (tertiary/aromatic N) is 1. The van der Waals surface area contributed by atoms with Crippen molar-refractivity contribution in [2.45, 2.75) is 44.4 Å². The van der Waals surface area contributed by atoms with Gasteiger partial charge in [0.15, 0.2) is 0 Å². The van der Waals surface area contributed by atoms with Gasteiger partial charge in [0.1, 0.15) is 4.88 Å². The van der Waals surface area contributed by atoms with Crippen LogP contribution in [0.4, 0.5) is 0 Å². The Hall–Kier alpha value is -0.630. The summed E-state index contributed by atoms with van der Waals surface area (Å²) in [7, 11) is 0. The molecule has 0 aromatic carbocycles. The van der Waals surface area contributed by atoms with E-state index in [0.717, 1.165) is 37.3 Å². The SMILES string of the molecule is CCOC(=O)c1scnc1CN[C@@H]1CCO[C@@]2(CCSC2)C1. The van der Waals surface area contributed by atoms with Gasteiger partial charge in [-0.15, -0.1) is 11.3 Å². The van der Waals surface area contributed by atoms with Gasteiger partial charge in [0.2, 0.25) is 0 Å². The number of hydrogen-bond acceptors (Lipinski definition) is 7. The minimum atomic E-state index is -0.266. The molecule has 5 nitrogen and oxygen atoms in total. The Morgan fingerprint density at radius 3 is 3.32 bits per heavy atom. The summed E-state index contributed by atoms with van der Waals surface area (Å²) in [6, 6.07) is 0.434. The number of nitrogens with one attached hydrogen (secondary N) is 1. The third kappa shape index (κ3) is 3.64. The highest BCUT2D eigenvalue weighted by Gasteiger charge is 2.40. The highest BCUT2D eigenvalue weighted by Crippen LogP contribution is 2.38. The number of thioether (sulfide) groups is 1. The Bertz CT molecular complexity index is 515. The molecule has 0 aliphatic carbocycles. The van der Waals surface area contributed by atoms with Gasteiger partial charge in [-0.05, 0) is 31.9 Å². The van der Waals surface area contributed by atoms with Crippen LogP contribution >= 0.6 is 23.1 Å². The molecule has 2 atom stereocenters. The van der Waals surface area contributed by atoms with E-state index < -0.39 is 0 Å². The van der Waals surface area contributed by atoms with Gasteiger partial charge >= 0.3 is 5.97 Å². The Kier molecular flexibility index (Phi) is 5.38. The lowest BCUT2D eigenvalue weighted by molar-refractivity contribution is -0.0703. The molecule has 0 saturated carbocycles. The van der Waals surface area contributed by atoms with E-state index in [4.69, 9.17) is 9.47 Å². The van der Waals surface area contributed by atoms with Gasteiger partial charge in [0.05, 0.1) is 23.4 Å². The van der Waals surface area contributed by atoms with Crippen molar-refractivity contribution in [1.29, 1.82) is 0 Å². The highest BCUT2D eigenvalue weighted by atomic mass is 32.2. The second kappa shape index (κ2) is 7.29. The van der Waals surface area contributed by atoms with Crippen molar-refractivity contribution in [2.75, 3.05) is 24.7 Å². The van der Waals surface area contributed by atoms with Crippen LogP contribution < -0.4 is 5.32 Å². The van der Waals surface area contributed by atoms with Gasteiger partial charge in [0.25, 0.3) is 0 Å². The number of hydrogen-bond donors (Lipinski definition) is 1. The monoisotopic (exact) mass is 342 g/mol. The first-order valence-corrected chi connectivity index (χ1v) is 9.80. The summed E-state index contributed by atoms with van der Waals surface area (Å²) >= 11 is 3.33. The second-order valence-corrected chi connectivity index (χ2v) is 7.71. The fourth-order valence-corrected chi connectivity index (χ4v) is 5.14. The van der Waals surface area contributed by atoms with E-state index in [9.17, 15) is 4.79 Å². The third-order valence-corrected chi connectivity index (χ3v) is 6.29. The molecule has 1 N–H and O–H groups in total. The van der Waals surface area contributed by atoms with Crippen molar-refractivity contribution >= 4 is 29.1 Å². The predicted octanol–water partition coefficient (Wildman–Crippen LogP) is 2.46. The molecule has 122 valence electrons. The van der Waals surface area contributed by atoms with E-state index in [1.807, 2.05) is 18.7 Å². The van der Waals surface area contributed by atoms with Crippen molar-refractivity contribution in [1.82, 2.24) is 10.3 Å². The van der Waals surface area contributed by atoms with E-state index in [-0.39, 0.29) is 11.6 Å². The summed E-state index contributed by atoms with van der Waals surface area (Å²) in [6.45, 7) is 3.65. The first-order chi connectivity index (χ1) is 10.7. The van der Waals surface area contributed by atoms with Crippen molar-refractivity contribution in [2.24, 2.45) is 0 Å². The maximum absolute atomic E-state index is 11.9. The van der Waals surface area contributed by atoms with Crippen molar-refractivity contribution in [3.63, 3.8) is 0 Å². The average molecular weight is 342 g/mol. The number of thiazole rings is 1. The summed E-state index contributed by atoms with van der Waals surface area (Å²) in [5.74, 6) is 2.04. The first-order valence-electron chi connectivity index (χ1n) is 7.77. The quantitative estimate of drug-likeness (QED) is 0.830. The fourth-order valence-electron chi connectivity index (χ4n) is 3.06. The molecule has 0 radical (unpaired) electrons. The Labute approximate surface area is 139 Å². The molecule has 0 amide bonds. The zero-order chi connectivity index (χ0) is 15.4. The lowest BCUT2D eigenvalue weighted by Gasteiger charge is -2.38. The number of aromatic nitrogens is 1. The molecule has 1 aromatic rings. The minimum Gasteiger partial charge on any atom is -0.462 e. The summed E-state index contributed by atoms with van der Waals surface area (Å²) < 4.78 is 11.1. The maximum Gasteiger partial charge on any atom is 0.350 e. The molecule has 22 heavy (non-hydrogen) atoms. The van der Waals surface area contributed by atoms with Crippen LogP contribution in [-0.4, -0.2) is 47.3 Å². The van der Waals surface area contributed by atoms with E-state index in [1.165, 1.54) is 17.1 Å². The van der Waals surface area contributed by atoms with Crippen LogP contribution in [-0.2, 0) is 16.0 Å². The molecule has 2 aliphatic heterocycles. The van der Waals surface area contributed by atoms with Crippen molar-refractivity contribution in [3.8, 4) is 0 Å². The van der Waals surface area contributed by atoms with E-state index >= 15 is 0 Å². The van der Waals surface area contributed by atoms with Gasteiger partial charge in [-0.1, -0.05) is 0 Å². The van der Waals surface area contributed by atoms with Crippen LogP contribution in [0.25, 0.3) is 0 Å². The summed E-state index contributed by atoms with van der Waals surface area (Å²) in [4.78, 5) is 16.8. The van der Waals surface area contributed by atoms with Crippen LogP contribution in [0, 0.1) is 0 Å². The van der Waals surface area contributed by atoms with E-state index in [0.29, 0.717) is 24.1 Å². The van der Waals surface area contributed by atoms with Gasteiger partial charge in [-0.3, -0.25) is 0 Å². The average Bonchev–Trinajstić information content (AvgIpc) is 3.15. The number of esters is 1. The zero-order valence-electron chi connectivity index (χ0n) is 12.8. The molecule has 2 fully saturated rings. The van der Waals surface area contributed by atoms with Crippen LogP contribution in [0.3, 0.4) is 0 Å². The topological polar surface area (TPSA) is 60.5 Å². The van der Waals surface area contributed by atoms with Gasteiger partial charge < -0.3 is 14.8 Å². The predicted molar refractivity (Wildman–Crippen MR) is 88.6 cm³/mol. The normalized spacial score (nSPS) is 28.1. The standard InChI is InChI=1S/C15H22N2O3S2/c1-2-19-14(18)13-12(17-10-22-13)8-16-11-3-5-20-15(7-11)4-6-21-9-15/h10-11,16H,2-9H2,1H3/t11-,15+/m1/s1. The van der Waals surface area contributed by atoms with Crippen LogP contribution in [0.1, 0.15) is 41.6 Å². The summed E-state index contributed by atoms with van der Waals surface area (Å²) in [6.07, 6.45) is 3.23. The van der Waals surface area contributed by atoms with Gasteiger partial charge in [0, 0.05) is 24.9 Å². The molecule has 1 aromatic heterocycles. The lowest BCUT2D eigenvalue weighted by atomic mass is 9.90. The highest BCUT2D eigenvalue weighted by molar-refractivity contribution is 7.99. The molecule has 0 unspecified atom stereocenters. The minimum absolute atomic E-state index is 0.0760. The van der Waals surface area contributed by atoms with Crippen molar-refractivity contribution < 1.29 is 14.3 Å². The number of carbonyl (C=O) groups excluding carboxylic acids is 1. The van der Waals surface area contributed by atoms with Crippen LogP contribution in [0.15, 0.2) is 5.51 Å². The van der Waals surface area contributed by atoms with Crippen molar-refractivity contribution in [3.05, 3.63) is 16.1 Å². The second-order valence-electron chi connectivity index (χ2n) is 5.75. The molecular formula is C15H22N2O3S2. The Morgan fingerprint density at radius 2 is 2.55 bits per heavy atom. The smallest absolute Gasteiger partial charge is 0.350 e. The molecule has 0 bridgehead atoms. The van der Waals surface area contributed by atoms with Gasteiger partial charge in [-0.2, -0.15) is 11.8 Å². The molecule has 3 rings (SSSR count). The summed E-state index contributed by atoms with van der Waals surface area (Å²) in [5.41, 5.74) is 2.58. The van der Waals surface area contributed by atoms with Gasteiger partial charge in [-0.25, -0.2) is 9.78 Å². The van der Waals surface area contributed by atoms with E-state index in [1.54, 1.807) is 5.51 Å². The number of carbonyl (C=O) groups is 1. The molecule has 7 heteroatoms. The van der Waals surface area contributed by atoms with Crippen LogP contribution in [0.5, 0.6) is 0 Å². The Balaban J connectivity index is 1.56. The zero-order valence-corrected chi connectivity index (χ0v) is 14.4. The third-order valence-electron chi connectivity index (χ3n) is 4.22.